The van der Waals surface area contributed by atoms with Gasteiger partial charge in [0.1, 0.15) is 5.82 Å². The Morgan fingerprint density at radius 2 is 2.17 bits per heavy atom. The van der Waals surface area contributed by atoms with Crippen LogP contribution in [0.3, 0.4) is 0 Å². The molecule has 3 aromatic rings. The number of anilines is 1. The van der Waals surface area contributed by atoms with E-state index in [1.54, 1.807) is 9.08 Å². The number of aromatic nitrogens is 5. The fourth-order valence-electron chi connectivity index (χ4n) is 2.93. The number of hydrogen-bond acceptors (Lipinski definition) is 5. The standard InChI is InChI=1S/C14H15F3N6S/c1-8-5-23-13(19-8)24-12(21-23)18-4-9-2-3-11-20-10(14(15,16)17)7-22(11)6-9/h5,7,9H,2-4,6H2,1H3,(H,18,21). The zero-order valence-corrected chi connectivity index (χ0v) is 13.7. The van der Waals surface area contributed by atoms with Gasteiger partial charge >= 0.3 is 6.18 Å². The van der Waals surface area contributed by atoms with Gasteiger partial charge in [0.15, 0.2) is 5.69 Å². The highest BCUT2D eigenvalue weighted by atomic mass is 32.1. The van der Waals surface area contributed by atoms with E-state index in [1.807, 2.05) is 13.1 Å². The molecule has 0 saturated carbocycles. The lowest BCUT2D eigenvalue weighted by molar-refractivity contribution is -0.141. The van der Waals surface area contributed by atoms with Gasteiger partial charge in [-0.3, -0.25) is 0 Å². The summed E-state index contributed by atoms with van der Waals surface area (Å²) in [6.45, 7) is 3.11. The minimum absolute atomic E-state index is 0.241. The summed E-state index contributed by atoms with van der Waals surface area (Å²) < 4.78 is 41.6. The first-order valence-electron chi connectivity index (χ1n) is 7.58. The van der Waals surface area contributed by atoms with E-state index in [4.69, 9.17) is 0 Å². The Bertz CT molecular complexity index is 845. The van der Waals surface area contributed by atoms with E-state index < -0.39 is 11.9 Å². The van der Waals surface area contributed by atoms with Gasteiger partial charge in [-0.2, -0.15) is 13.2 Å². The molecule has 1 unspecified atom stereocenters. The van der Waals surface area contributed by atoms with Crippen LogP contribution >= 0.6 is 11.3 Å². The van der Waals surface area contributed by atoms with Crippen LogP contribution in [0.2, 0.25) is 0 Å². The molecule has 6 nitrogen and oxygen atoms in total. The topological polar surface area (TPSA) is 60.0 Å². The average molecular weight is 356 g/mol. The molecule has 1 atom stereocenters. The molecule has 0 radical (unpaired) electrons. The van der Waals surface area contributed by atoms with Gasteiger partial charge in [0.05, 0.1) is 11.9 Å². The molecular formula is C14H15F3N6S. The third kappa shape index (κ3) is 2.85. The molecule has 10 heteroatoms. The van der Waals surface area contributed by atoms with Gasteiger partial charge in [-0.1, -0.05) is 11.3 Å². The molecule has 1 aliphatic rings. The Hall–Kier alpha value is -2.10. The summed E-state index contributed by atoms with van der Waals surface area (Å²) in [6.07, 6.45) is -0.0482. The van der Waals surface area contributed by atoms with Crippen LogP contribution in [0.25, 0.3) is 4.96 Å². The van der Waals surface area contributed by atoms with E-state index in [1.165, 1.54) is 11.3 Å². The quantitative estimate of drug-likeness (QED) is 0.784. The van der Waals surface area contributed by atoms with Crippen LogP contribution < -0.4 is 5.32 Å². The zero-order valence-electron chi connectivity index (χ0n) is 12.8. The Balaban J connectivity index is 1.41. The summed E-state index contributed by atoms with van der Waals surface area (Å²) in [6, 6.07) is 0. The van der Waals surface area contributed by atoms with E-state index >= 15 is 0 Å². The molecule has 0 bridgehead atoms. The molecule has 0 fully saturated rings. The second kappa shape index (κ2) is 5.47. The van der Waals surface area contributed by atoms with Gasteiger partial charge < -0.3 is 9.88 Å². The second-order valence-corrected chi connectivity index (χ2v) is 6.95. The van der Waals surface area contributed by atoms with Crippen molar-refractivity contribution >= 4 is 21.4 Å². The molecule has 4 heterocycles. The largest absolute Gasteiger partial charge is 0.434 e. The van der Waals surface area contributed by atoms with Crippen molar-refractivity contribution in [3.05, 3.63) is 29.6 Å². The number of nitrogens with zero attached hydrogens (tertiary/aromatic N) is 5. The minimum Gasteiger partial charge on any atom is -0.360 e. The first-order chi connectivity index (χ1) is 11.4. The first kappa shape index (κ1) is 15.4. The van der Waals surface area contributed by atoms with E-state index in [0.29, 0.717) is 25.3 Å². The van der Waals surface area contributed by atoms with Crippen molar-refractivity contribution in [3.8, 4) is 0 Å². The Kier molecular flexibility index (Phi) is 3.52. The average Bonchev–Trinajstić information content (AvgIpc) is 3.15. The number of halogens is 3. The SMILES string of the molecule is Cc1cn2nc(NCC3CCc4nc(C(F)(F)F)cn4C3)sc2n1. The molecule has 1 N–H and O–H groups in total. The second-order valence-electron chi connectivity index (χ2n) is 5.99. The van der Waals surface area contributed by atoms with Crippen LogP contribution in [-0.4, -0.2) is 30.7 Å². The van der Waals surface area contributed by atoms with Crippen molar-refractivity contribution < 1.29 is 13.2 Å². The Morgan fingerprint density at radius 3 is 2.92 bits per heavy atom. The molecule has 128 valence electrons. The summed E-state index contributed by atoms with van der Waals surface area (Å²) in [5, 5.41) is 8.43. The van der Waals surface area contributed by atoms with Crippen molar-refractivity contribution in [2.24, 2.45) is 5.92 Å². The lowest BCUT2D eigenvalue weighted by atomic mass is 9.99. The van der Waals surface area contributed by atoms with Crippen molar-refractivity contribution in [1.82, 2.24) is 24.1 Å². The molecule has 24 heavy (non-hydrogen) atoms. The summed E-state index contributed by atoms with van der Waals surface area (Å²) in [5.74, 6) is 0.757. The number of rotatable bonds is 3. The third-order valence-corrected chi connectivity index (χ3v) is 4.97. The summed E-state index contributed by atoms with van der Waals surface area (Å²) in [5.41, 5.74) is 0.114. The van der Waals surface area contributed by atoms with Gasteiger partial charge in [-0.15, -0.1) is 5.10 Å². The maximum atomic E-state index is 12.7. The highest BCUT2D eigenvalue weighted by molar-refractivity contribution is 7.20. The smallest absolute Gasteiger partial charge is 0.360 e. The van der Waals surface area contributed by atoms with E-state index in [9.17, 15) is 13.2 Å². The van der Waals surface area contributed by atoms with E-state index in [0.717, 1.165) is 28.4 Å². The molecule has 1 aliphatic heterocycles. The van der Waals surface area contributed by atoms with Crippen molar-refractivity contribution in [3.63, 3.8) is 0 Å². The first-order valence-corrected chi connectivity index (χ1v) is 8.40. The van der Waals surface area contributed by atoms with Crippen LogP contribution in [0.15, 0.2) is 12.4 Å². The van der Waals surface area contributed by atoms with Crippen molar-refractivity contribution in [2.75, 3.05) is 11.9 Å². The lowest BCUT2D eigenvalue weighted by Gasteiger charge is -2.23. The Morgan fingerprint density at radius 1 is 1.33 bits per heavy atom. The van der Waals surface area contributed by atoms with Crippen LogP contribution in [0.5, 0.6) is 0 Å². The molecule has 0 saturated heterocycles. The molecule has 0 spiro atoms. The molecular weight excluding hydrogens is 341 g/mol. The van der Waals surface area contributed by atoms with Crippen LogP contribution in [0.1, 0.15) is 23.6 Å². The normalized spacial score (nSPS) is 18.1. The van der Waals surface area contributed by atoms with Gasteiger partial charge in [-0.05, 0) is 19.3 Å². The van der Waals surface area contributed by atoms with Crippen molar-refractivity contribution in [1.29, 1.82) is 0 Å². The molecule has 0 amide bonds. The monoisotopic (exact) mass is 356 g/mol. The molecule has 0 aliphatic carbocycles. The maximum absolute atomic E-state index is 12.7. The summed E-state index contributed by atoms with van der Waals surface area (Å²) >= 11 is 1.46. The number of nitrogens with one attached hydrogen (secondary N) is 1. The number of hydrogen-bond donors (Lipinski definition) is 1. The molecule has 3 aromatic heterocycles. The summed E-state index contributed by atoms with van der Waals surface area (Å²) in [4.78, 5) is 8.87. The molecule has 0 aromatic carbocycles. The fraction of sp³-hybridized carbons (Fsp3) is 0.500. The van der Waals surface area contributed by atoms with Gasteiger partial charge in [-0.25, -0.2) is 14.5 Å². The summed E-state index contributed by atoms with van der Waals surface area (Å²) in [7, 11) is 0. The van der Waals surface area contributed by atoms with Crippen LogP contribution in [0.4, 0.5) is 18.3 Å². The van der Waals surface area contributed by atoms with Crippen LogP contribution in [-0.2, 0) is 19.1 Å². The minimum atomic E-state index is -4.38. The van der Waals surface area contributed by atoms with E-state index in [-0.39, 0.29) is 5.92 Å². The zero-order chi connectivity index (χ0) is 16.9. The van der Waals surface area contributed by atoms with Gasteiger partial charge in [0.25, 0.3) is 0 Å². The number of aryl methyl sites for hydroxylation is 2. The highest BCUT2D eigenvalue weighted by Crippen LogP contribution is 2.31. The third-order valence-electron chi connectivity index (χ3n) is 4.09. The number of imidazole rings is 2. The number of alkyl halides is 3. The predicted molar refractivity (Wildman–Crippen MR) is 83.1 cm³/mol. The maximum Gasteiger partial charge on any atom is 0.434 e. The highest BCUT2D eigenvalue weighted by Gasteiger charge is 2.35. The molecule has 4 rings (SSSR count). The van der Waals surface area contributed by atoms with Gasteiger partial charge in [0, 0.05) is 25.7 Å². The predicted octanol–water partition coefficient (Wildman–Crippen LogP) is 2.99. The van der Waals surface area contributed by atoms with Crippen molar-refractivity contribution in [2.45, 2.75) is 32.5 Å². The fourth-order valence-corrected chi connectivity index (χ4v) is 3.76. The lowest BCUT2D eigenvalue weighted by Crippen LogP contribution is -2.25. The van der Waals surface area contributed by atoms with Gasteiger partial charge in [0.2, 0.25) is 10.1 Å². The number of fused-ring (bicyclic) bond motifs is 2. The Labute approximate surface area is 139 Å². The van der Waals surface area contributed by atoms with Crippen LogP contribution in [0, 0.1) is 12.8 Å². The van der Waals surface area contributed by atoms with E-state index in [2.05, 4.69) is 20.4 Å².